The van der Waals surface area contributed by atoms with E-state index in [1.54, 1.807) is 6.20 Å². The van der Waals surface area contributed by atoms with Crippen molar-refractivity contribution in [2.45, 2.75) is 26.8 Å². The largest absolute Gasteiger partial charge is 0.397 e. The minimum atomic E-state index is 0.710. The minimum Gasteiger partial charge on any atom is -0.397 e. The van der Waals surface area contributed by atoms with E-state index >= 15 is 0 Å². The summed E-state index contributed by atoms with van der Waals surface area (Å²) in [6.07, 6.45) is 2.79. The lowest BCUT2D eigenvalue weighted by molar-refractivity contribution is 0.890. The molecule has 1 aromatic carbocycles. The Morgan fingerprint density at radius 2 is 1.79 bits per heavy atom. The maximum absolute atomic E-state index is 5.73. The van der Waals surface area contributed by atoms with E-state index in [-0.39, 0.29) is 0 Å². The van der Waals surface area contributed by atoms with E-state index in [0.29, 0.717) is 5.69 Å². The molecule has 3 nitrogen and oxygen atoms in total. The second-order valence-electron chi connectivity index (χ2n) is 4.94. The van der Waals surface area contributed by atoms with Crippen LogP contribution in [0.4, 0.5) is 11.5 Å². The molecule has 0 unspecified atom stereocenters. The summed E-state index contributed by atoms with van der Waals surface area (Å²) < 4.78 is 0. The van der Waals surface area contributed by atoms with Gasteiger partial charge in [-0.15, -0.1) is 0 Å². The van der Waals surface area contributed by atoms with Gasteiger partial charge < -0.3 is 10.6 Å². The molecule has 19 heavy (non-hydrogen) atoms. The van der Waals surface area contributed by atoms with Crippen LogP contribution in [0.2, 0.25) is 0 Å². The lowest BCUT2D eigenvalue weighted by Gasteiger charge is -2.20. The third-order valence-electron chi connectivity index (χ3n) is 3.28. The highest BCUT2D eigenvalue weighted by Crippen LogP contribution is 2.19. The molecule has 2 aromatic rings. The van der Waals surface area contributed by atoms with Gasteiger partial charge in [0.2, 0.25) is 0 Å². The number of hydrogen-bond acceptors (Lipinski definition) is 3. The van der Waals surface area contributed by atoms with Crippen molar-refractivity contribution in [3.63, 3.8) is 0 Å². The number of anilines is 2. The van der Waals surface area contributed by atoms with Crippen LogP contribution in [0.15, 0.2) is 36.5 Å². The zero-order valence-corrected chi connectivity index (χ0v) is 11.9. The molecule has 0 bridgehead atoms. The molecule has 1 heterocycles. The van der Waals surface area contributed by atoms with Gasteiger partial charge in [0.1, 0.15) is 5.82 Å². The Labute approximate surface area is 115 Å². The van der Waals surface area contributed by atoms with Crippen LogP contribution >= 0.6 is 0 Å². The lowest BCUT2D eigenvalue weighted by atomic mass is 10.1. The molecule has 0 aliphatic rings. The van der Waals surface area contributed by atoms with Crippen molar-refractivity contribution in [3.05, 3.63) is 53.2 Å². The molecule has 0 saturated heterocycles. The van der Waals surface area contributed by atoms with Crippen LogP contribution in [0.25, 0.3) is 0 Å². The fourth-order valence-electron chi connectivity index (χ4n) is 2.22. The van der Waals surface area contributed by atoms with E-state index in [4.69, 9.17) is 5.73 Å². The van der Waals surface area contributed by atoms with Gasteiger partial charge in [0, 0.05) is 13.6 Å². The summed E-state index contributed by atoms with van der Waals surface area (Å²) in [5.41, 5.74) is 10.2. The second kappa shape index (κ2) is 5.74. The van der Waals surface area contributed by atoms with Crippen LogP contribution in [0, 0.1) is 6.92 Å². The smallest absolute Gasteiger partial charge is 0.131 e. The van der Waals surface area contributed by atoms with E-state index in [0.717, 1.165) is 24.3 Å². The van der Waals surface area contributed by atoms with Gasteiger partial charge in [0.05, 0.1) is 11.9 Å². The van der Waals surface area contributed by atoms with Gasteiger partial charge in [-0.2, -0.15) is 0 Å². The minimum absolute atomic E-state index is 0.710. The second-order valence-corrected chi connectivity index (χ2v) is 4.94. The number of rotatable bonds is 4. The molecule has 0 atom stereocenters. The maximum Gasteiger partial charge on any atom is 0.131 e. The number of hydrogen-bond donors (Lipinski definition) is 1. The Bertz CT molecular complexity index is 546. The van der Waals surface area contributed by atoms with Crippen molar-refractivity contribution in [3.8, 4) is 0 Å². The fourth-order valence-corrected chi connectivity index (χ4v) is 2.22. The summed E-state index contributed by atoms with van der Waals surface area (Å²) in [6.45, 7) is 5.06. The third kappa shape index (κ3) is 3.25. The number of pyridine rings is 1. The molecule has 0 fully saturated rings. The number of aromatic nitrogens is 1. The SMILES string of the molecule is CCc1ccc(CN(C)c2ncc(N)cc2C)cc1. The third-order valence-corrected chi connectivity index (χ3v) is 3.28. The molecule has 0 radical (unpaired) electrons. The molecule has 0 spiro atoms. The van der Waals surface area contributed by atoms with E-state index in [1.165, 1.54) is 11.1 Å². The van der Waals surface area contributed by atoms with Crippen molar-refractivity contribution in [2.24, 2.45) is 0 Å². The molecule has 100 valence electrons. The maximum atomic E-state index is 5.73. The van der Waals surface area contributed by atoms with Gasteiger partial charge in [-0.05, 0) is 36.1 Å². The summed E-state index contributed by atoms with van der Waals surface area (Å²) in [6, 6.07) is 10.7. The number of aryl methyl sites for hydroxylation is 2. The van der Waals surface area contributed by atoms with Crippen LogP contribution in [0.1, 0.15) is 23.6 Å². The highest BCUT2D eigenvalue weighted by atomic mass is 15.2. The predicted molar refractivity (Wildman–Crippen MR) is 81.3 cm³/mol. The Kier molecular flexibility index (Phi) is 4.05. The molecular weight excluding hydrogens is 234 g/mol. The molecule has 0 saturated carbocycles. The summed E-state index contributed by atoms with van der Waals surface area (Å²) in [7, 11) is 2.05. The van der Waals surface area contributed by atoms with E-state index in [1.807, 2.05) is 13.0 Å². The number of benzene rings is 1. The predicted octanol–water partition coefficient (Wildman–Crippen LogP) is 3.17. The molecule has 0 aliphatic heterocycles. The number of nitrogens with two attached hydrogens (primary N) is 1. The Morgan fingerprint density at radius 3 is 2.37 bits per heavy atom. The molecule has 2 rings (SSSR count). The standard InChI is InChI=1S/C16H21N3/c1-4-13-5-7-14(8-6-13)11-19(3)16-12(2)9-15(17)10-18-16/h5-10H,4,11,17H2,1-3H3. The molecule has 1 aromatic heterocycles. The zero-order valence-electron chi connectivity index (χ0n) is 11.9. The van der Waals surface area contributed by atoms with Crippen LogP contribution in [0.3, 0.4) is 0 Å². The van der Waals surface area contributed by atoms with Crippen LogP contribution in [-0.4, -0.2) is 12.0 Å². The first-order valence-corrected chi connectivity index (χ1v) is 6.61. The van der Waals surface area contributed by atoms with Crippen molar-refractivity contribution in [2.75, 3.05) is 17.7 Å². The average Bonchev–Trinajstić information content (AvgIpc) is 2.39. The Balaban J connectivity index is 2.13. The summed E-state index contributed by atoms with van der Waals surface area (Å²) in [5.74, 6) is 0.980. The van der Waals surface area contributed by atoms with Gasteiger partial charge >= 0.3 is 0 Å². The van der Waals surface area contributed by atoms with Crippen molar-refractivity contribution in [1.29, 1.82) is 0 Å². The molecule has 0 amide bonds. The van der Waals surface area contributed by atoms with Gasteiger partial charge in [0.25, 0.3) is 0 Å². The first-order valence-electron chi connectivity index (χ1n) is 6.61. The molecule has 2 N–H and O–H groups in total. The molecular formula is C16H21N3. The van der Waals surface area contributed by atoms with E-state index < -0.39 is 0 Å². The van der Waals surface area contributed by atoms with Crippen LogP contribution in [0.5, 0.6) is 0 Å². The topological polar surface area (TPSA) is 42.2 Å². The average molecular weight is 255 g/mol. The van der Waals surface area contributed by atoms with E-state index in [9.17, 15) is 0 Å². The summed E-state index contributed by atoms with van der Waals surface area (Å²) >= 11 is 0. The van der Waals surface area contributed by atoms with E-state index in [2.05, 4.69) is 48.1 Å². The number of nitrogen functional groups attached to an aromatic ring is 1. The van der Waals surface area contributed by atoms with Gasteiger partial charge in [0.15, 0.2) is 0 Å². The summed E-state index contributed by atoms with van der Waals surface area (Å²) in [4.78, 5) is 6.56. The lowest BCUT2D eigenvalue weighted by Crippen LogP contribution is -2.18. The monoisotopic (exact) mass is 255 g/mol. The Hall–Kier alpha value is -2.03. The van der Waals surface area contributed by atoms with Crippen LogP contribution < -0.4 is 10.6 Å². The van der Waals surface area contributed by atoms with Crippen molar-refractivity contribution < 1.29 is 0 Å². The van der Waals surface area contributed by atoms with Gasteiger partial charge in [-0.1, -0.05) is 31.2 Å². The molecule has 0 aliphatic carbocycles. The fraction of sp³-hybridized carbons (Fsp3) is 0.312. The van der Waals surface area contributed by atoms with Crippen molar-refractivity contribution in [1.82, 2.24) is 4.98 Å². The van der Waals surface area contributed by atoms with Gasteiger partial charge in [-0.3, -0.25) is 0 Å². The highest BCUT2D eigenvalue weighted by Gasteiger charge is 2.07. The molecule has 3 heteroatoms. The zero-order chi connectivity index (χ0) is 13.8. The highest BCUT2D eigenvalue weighted by molar-refractivity contribution is 5.52. The quantitative estimate of drug-likeness (QED) is 0.912. The van der Waals surface area contributed by atoms with Gasteiger partial charge in [-0.25, -0.2) is 4.98 Å². The summed E-state index contributed by atoms with van der Waals surface area (Å²) in [5, 5.41) is 0. The number of nitrogens with zero attached hydrogens (tertiary/aromatic N) is 2. The normalized spacial score (nSPS) is 10.5. The van der Waals surface area contributed by atoms with Crippen LogP contribution in [-0.2, 0) is 13.0 Å². The Morgan fingerprint density at radius 1 is 1.16 bits per heavy atom. The van der Waals surface area contributed by atoms with Crippen molar-refractivity contribution >= 4 is 11.5 Å². The first-order chi connectivity index (χ1) is 9.10. The first kappa shape index (κ1) is 13.4.